The highest BCUT2D eigenvalue weighted by Gasteiger charge is 2.42. The molecule has 1 heterocycles. The number of β-amino-alcohol motifs (C(OH)–C–C–N with tert-alkyl or cyclic N) is 1. The average molecular weight is 291 g/mol. The molecule has 2 fully saturated rings. The molecule has 1 atom stereocenters. The van der Waals surface area contributed by atoms with Crippen molar-refractivity contribution in [2.24, 2.45) is 0 Å². The highest BCUT2D eigenvalue weighted by Crippen LogP contribution is 2.38. The van der Waals surface area contributed by atoms with Gasteiger partial charge in [0.15, 0.2) is 0 Å². The number of benzene rings is 1. The summed E-state index contributed by atoms with van der Waals surface area (Å²) in [7, 11) is 0. The van der Waals surface area contributed by atoms with Gasteiger partial charge in [-0.25, -0.2) is 0 Å². The standard InChI is InChI=1S/C17H25NO3/c19-16(13-20-12-15-5-2-1-3-6-15)11-18-9-10-21-17(14-18)7-4-8-17/h1-3,5-6,16,19H,4,7-14H2. The molecule has 1 aromatic rings. The van der Waals surface area contributed by atoms with E-state index in [-0.39, 0.29) is 5.60 Å². The Kier molecular flexibility index (Phi) is 4.91. The summed E-state index contributed by atoms with van der Waals surface area (Å²) in [6, 6.07) is 10.1. The third-order valence-electron chi connectivity index (χ3n) is 4.48. The molecule has 2 aliphatic rings. The summed E-state index contributed by atoms with van der Waals surface area (Å²) in [5.74, 6) is 0. The van der Waals surface area contributed by atoms with Crippen molar-refractivity contribution in [3.05, 3.63) is 35.9 Å². The SMILES string of the molecule is OC(COCc1ccccc1)CN1CCOC2(CCC2)C1. The van der Waals surface area contributed by atoms with Crippen molar-refractivity contribution in [1.29, 1.82) is 0 Å². The monoisotopic (exact) mass is 291 g/mol. The summed E-state index contributed by atoms with van der Waals surface area (Å²) >= 11 is 0. The van der Waals surface area contributed by atoms with E-state index < -0.39 is 6.10 Å². The van der Waals surface area contributed by atoms with Crippen LogP contribution in [0.15, 0.2) is 30.3 Å². The number of nitrogens with zero attached hydrogens (tertiary/aromatic N) is 1. The third kappa shape index (κ3) is 4.04. The fourth-order valence-electron chi connectivity index (χ4n) is 3.19. The van der Waals surface area contributed by atoms with Crippen LogP contribution >= 0.6 is 0 Å². The number of rotatable bonds is 6. The molecule has 116 valence electrons. The molecule has 1 saturated carbocycles. The van der Waals surface area contributed by atoms with Crippen molar-refractivity contribution in [3.63, 3.8) is 0 Å². The first-order valence-corrected chi connectivity index (χ1v) is 7.92. The minimum Gasteiger partial charge on any atom is -0.389 e. The zero-order valence-corrected chi connectivity index (χ0v) is 12.5. The molecule has 1 aliphatic heterocycles. The lowest BCUT2D eigenvalue weighted by molar-refractivity contribution is -0.156. The van der Waals surface area contributed by atoms with E-state index in [2.05, 4.69) is 4.90 Å². The van der Waals surface area contributed by atoms with E-state index >= 15 is 0 Å². The van der Waals surface area contributed by atoms with Gasteiger partial charge in [0, 0.05) is 19.6 Å². The highest BCUT2D eigenvalue weighted by atomic mass is 16.5. The Hall–Kier alpha value is -0.940. The first-order chi connectivity index (χ1) is 10.3. The van der Waals surface area contributed by atoms with E-state index in [1.165, 1.54) is 19.3 Å². The van der Waals surface area contributed by atoms with Gasteiger partial charge in [-0.3, -0.25) is 4.90 Å². The number of hydrogen-bond acceptors (Lipinski definition) is 4. The Morgan fingerprint density at radius 1 is 1.29 bits per heavy atom. The smallest absolute Gasteiger partial charge is 0.0900 e. The van der Waals surface area contributed by atoms with Crippen LogP contribution < -0.4 is 0 Å². The van der Waals surface area contributed by atoms with E-state index in [0.29, 0.717) is 19.8 Å². The van der Waals surface area contributed by atoms with Crippen LogP contribution in [0.5, 0.6) is 0 Å². The maximum Gasteiger partial charge on any atom is 0.0900 e. The van der Waals surface area contributed by atoms with E-state index in [0.717, 1.165) is 25.3 Å². The van der Waals surface area contributed by atoms with Gasteiger partial charge in [0.2, 0.25) is 0 Å². The van der Waals surface area contributed by atoms with Gasteiger partial charge < -0.3 is 14.6 Å². The fourth-order valence-corrected chi connectivity index (χ4v) is 3.19. The van der Waals surface area contributed by atoms with E-state index in [1.54, 1.807) is 0 Å². The second-order valence-corrected chi connectivity index (χ2v) is 6.27. The lowest BCUT2D eigenvalue weighted by Gasteiger charge is -2.48. The maximum atomic E-state index is 10.1. The van der Waals surface area contributed by atoms with Gasteiger partial charge in [-0.15, -0.1) is 0 Å². The van der Waals surface area contributed by atoms with Crippen LogP contribution in [0.1, 0.15) is 24.8 Å². The summed E-state index contributed by atoms with van der Waals surface area (Å²) in [4.78, 5) is 2.32. The summed E-state index contributed by atoms with van der Waals surface area (Å²) in [5.41, 5.74) is 1.24. The number of ether oxygens (including phenoxy) is 2. The van der Waals surface area contributed by atoms with Gasteiger partial charge >= 0.3 is 0 Å². The third-order valence-corrected chi connectivity index (χ3v) is 4.48. The summed E-state index contributed by atoms with van der Waals surface area (Å²) < 4.78 is 11.5. The molecule has 21 heavy (non-hydrogen) atoms. The molecule has 4 heteroatoms. The van der Waals surface area contributed by atoms with Crippen LogP contribution in [-0.4, -0.2) is 54.6 Å². The Labute approximate surface area is 126 Å². The number of hydrogen-bond donors (Lipinski definition) is 1. The molecule has 0 radical (unpaired) electrons. The van der Waals surface area contributed by atoms with E-state index in [9.17, 15) is 5.11 Å². The molecule has 0 aromatic heterocycles. The zero-order valence-electron chi connectivity index (χ0n) is 12.5. The zero-order chi connectivity index (χ0) is 14.5. The topological polar surface area (TPSA) is 41.9 Å². The van der Waals surface area contributed by atoms with E-state index in [4.69, 9.17) is 9.47 Å². The van der Waals surface area contributed by atoms with Crippen LogP contribution in [0.4, 0.5) is 0 Å². The molecule has 0 amide bonds. The van der Waals surface area contributed by atoms with Crippen molar-refractivity contribution >= 4 is 0 Å². The molecule has 1 aromatic carbocycles. The first-order valence-electron chi connectivity index (χ1n) is 7.92. The molecule has 1 saturated heterocycles. The average Bonchev–Trinajstić information content (AvgIpc) is 2.47. The largest absolute Gasteiger partial charge is 0.389 e. The summed E-state index contributed by atoms with van der Waals surface area (Å²) in [6.07, 6.45) is 3.19. The first kappa shape index (κ1) is 15.0. The molecule has 1 unspecified atom stereocenters. The second-order valence-electron chi connectivity index (χ2n) is 6.27. The van der Waals surface area contributed by atoms with E-state index in [1.807, 2.05) is 30.3 Å². The lowest BCUT2D eigenvalue weighted by atomic mass is 9.79. The minimum absolute atomic E-state index is 0.100. The molecule has 0 bridgehead atoms. The predicted molar refractivity (Wildman–Crippen MR) is 81.1 cm³/mol. The summed E-state index contributed by atoms with van der Waals surface area (Å²) in [5, 5.41) is 10.1. The van der Waals surface area contributed by atoms with Crippen LogP contribution in [-0.2, 0) is 16.1 Å². The molecular weight excluding hydrogens is 266 g/mol. The molecule has 1 N–H and O–H groups in total. The van der Waals surface area contributed by atoms with Gasteiger partial charge in [0.1, 0.15) is 0 Å². The predicted octanol–water partition coefficient (Wildman–Crippen LogP) is 1.82. The molecule has 1 spiro atoms. The van der Waals surface area contributed by atoms with Crippen molar-refractivity contribution in [2.75, 3.05) is 32.8 Å². The minimum atomic E-state index is -0.427. The van der Waals surface area contributed by atoms with Gasteiger partial charge in [0.05, 0.1) is 31.5 Å². The van der Waals surface area contributed by atoms with Crippen molar-refractivity contribution in [2.45, 2.75) is 37.6 Å². The van der Waals surface area contributed by atoms with Crippen LogP contribution in [0, 0.1) is 0 Å². The van der Waals surface area contributed by atoms with Crippen molar-refractivity contribution < 1.29 is 14.6 Å². The summed E-state index contributed by atoms with van der Waals surface area (Å²) in [6.45, 7) is 4.29. The molecule has 1 aliphatic carbocycles. The van der Waals surface area contributed by atoms with Crippen LogP contribution in [0.2, 0.25) is 0 Å². The Bertz CT molecular complexity index is 433. The number of aliphatic hydroxyl groups excluding tert-OH is 1. The van der Waals surface area contributed by atoms with Crippen molar-refractivity contribution in [3.8, 4) is 0 Å². The maximum absolute atomic E-state index is 10.1. The van der Waals surface area contributed by atoms with Crippen LogP contribution in [0.25, 0.3) is 0 Å². The quantitative estimate of drug-likeness (QED) is 0.868. The van der Waals surface area contributed by atoms with Gasteiger partial charge in [0.25, 0.3) is 0 Å². The number of aliphatic hydroxyl groups is 1. The van der Waals surface area contributed by atoms with Gasteiger partial charge in [-0.2, -0.15) is 0 Å². The normalized spacial score (nSPS) is 22.9. The molecular formula is C17H25NO3. The second kappa shape index (κ2) is 6.88. The lowest BCUT2D eigenvalue weighted by Crippen LogP contribution is -2.57. The number of morpholine rings is 1. The highest BCUT2D eigenvalue weighted by molar-refractivity contribution is 5.13. The molecule has 3 rings (SSSR count). The molecule has 4 nitrogen and oxygen atoms in total. The van der Waals surface area contributed by atoms with Crippen LogP contribution in [0.3, 0.4) is 0 Å². The Balaban J connectivity index is 1.37. The van der Waals surface area contributed by atoms with Crippen molar-refractivity contribution in [1.82, 2.24) is 4.90 Å². The van der Waals surface area contributed by atoms with Gasteiger partial charge in [-0.1, -0.05) is 30.3 Å². The fraction of sp³-hybridized carbons (Fsp3) is 0.647. The Morgan fingerprint density at radius 2 is 2.10 bits per heavy atom. The van der Waals surface area contributed by atoms with Gasteiger partial charge in [-0.05, 0) is 24.8 Å². The Morgan fingerprint density at radius 3 is 2.81 bits per heavy atom.